The minimum absolute atomic E-state index is 0.114. The lowest BCUT2D eigenvalue weighted by molar-refractivity contribution is 0.0600. The van der Waals surface area contributed by atoms with Gasteiger partial charge in [-0.05, 0) is 17.7 Å². The van der Waals surface area contributed by atoms with E-state index in [0.717, 1.165) is 11.3 Å². The number of nitrogens with zero attached hydrogens (tertiary/aromatic N) is 2. The number of aromatic hydroxyl groups is 1. The number of rotatable bonds is 3. The Labute approximate surface area is 124 Å². The van der Waals surface area contributed by atoms with E-state index in [9.17, 15) is 9.90 Å². The quantitative estimate of drug-likeness (QED) is 0.882. The topological polar surface area (TPSA) is 64.4 Å². The predicted octanol–water partition coefficient (Wildman–Crippen LogP) is 2.72. The molecule has 0 unspecified atom stereocenters. The van der Waals surface area contributed by atoms with Gasteiger partial charge in [-0.2, -0.15) is 5.10 Å². The lowest BCUT2D eigenvalue weighted by Crippen LogP contribution is -2.13. The van der Waals surface area contributed by atoms with Crippen LogP contribution in [0.25, 0.3) is 0 Å². The Morgan fingerprint density at radius 3 is 2.38 bits per heavy atom. The summed E-state index contributed by atoms with van der Waals surface area (Å²) in [6.45, 7) is 6.59. The van der Waals surface area contributed by atoms with E-state index in [-0.39, 0.29) is 17.3 Å². The van der Waals surface area contributed by atoms with Gasteiger partial charge in [0, 0.05) is 11.5 Å². The number of hydrogen-bond donors (Lipinski definition) is 1. The maximum absolute atomic E-state index is 11.4. The highest BCUT2D eigenvalue weighted by Crippen LogP contribution is 2.25. The number of carbonyl (C=O) groups excluding carboxylic acids is 1. The summed E-state index contributed by atoms with van der Waals surface area (Å²) in [4.78, 5) is 11.4. The molecule has 0 saturated carbocycles. The van der Waals surface area contributed by atoms with Crippen molar-refractivity contribution in [2.45, 2.75) is 32.7 Å². The summed E-state index contributed by atoms with van der Waals surface area (Å²) >= 11 is 0. The Balaban J connectivity index is 2.19. The van der Waals surface area contributed by atoms with Gasteiger partial charge in [0.2, 0.25) is 5.88 Å². The molecule has 0 aliphatic heterocycles. The first kappa shape index (κ1) is 15.1. The molecule has 2 rings (SSSR count). The highest BCUT2D eigenvalue weighted by Gasteiger charge is 2.19. The monoisotopic (exact) mass is 288 g/mol. The molecule has 112 valence electrons. The Bertz CT molecular complexity index is 637. The Morgan fingerprint density at radius 1 is 1.29 bits per heavy atom. The molecule has 5 nitrogen and oxygen atoms in total. The molecule has 0 saturated heterocycles. The first-order valence-corrected chi connectivity index (χ1v) is 6.76. The molecule has 0 amide bonds. The zero-order valence-electron chi connectivity index (χ0n) is 12.8. The van der Waals surface area contributed by atoms with Gasteiger partial charge in [0.1, 0.15) is 0 Å². The summed E-state index contributed by atoms with van der Waals surface area (Å²) in [7, 11) is 1.35. The normalized spacial score (nSPS) is 11.4. The molecule has 0 atom stereocenters. The van der Waals surface area contributed by atoms with Gasteiger partial charge in [-0.1, -0.05) is 32.9 Å². The first-order chi connectivity index (χ1) is 9.81. The van der Waals surface area contributed by atoms with Crippen LogP contribution in [0.1, 0.15) is 42.4 Å². The molecule has 5 heteroatoms. The second-order valence-electron chi connectivity index (χ2n) is 5.98. The maximum atomic E-state index is 11.4. The van der Waals surface area contributed by atoms with Crippen LogP contribution in [0.15, 0.2) is 30.3 Å². The van der Waals surface area contributed by atoms with Gasteiger partial charge in [-0.15, -0.1) is 0 Å². The zero-order valence-corrected chi connectivity index (χ0v) is 12.8. The second kappa shape index (κ2) is 5.60. The molecule has 0 spiro atoms. The minimum Gasteiger partial charge on any atom is -0.493 e. The minimum atomic E-state index is -0.362. The van der Waals surface area contributed by atoms with Crippen molar-refractivity contribution in [2.24, 2.45) is 0 Å². The molecule has 2 aromatic rings. The fraction of sp³-hybridized carbons (Fsp3) is 0.375. The van der Waals surface area contributed by atoms with Crippen LogP contribution in [0.2, 0.25) is 0 Å². The van der Waals surface area contributed by atoms with Crippen LogP contribution in [0.3, 0.4) is 0 Å². The second-order valence-corrected chi connectivity index (χ2v) is 5.98. The van der Waals surface area contributed by atoms with Gasteiger partial charge in [-0.3, -0.25) is 0 Å². The molecule has 1 heterocycles. The van der Waals surface area contributed by atoms with Gasteiger partial charge in [0.25, 0.3) is 0 Å². The molecule has 0 aliphatic carbocycles. The highest BCUT2D eigenvalue weighted by atomic mass is 16.5. The highest BCUT2D eigenvalue weighted by molar-refractivity contribution is 5.89. The maximum Gasteiger partial charge on any atom is 0.337 e. The van der Waals surface area contributed by atoms with Crippen molar-refractivity contribution in [3.8, 4) is 5.88 Å². The third kappa shape index (κ3) is 3.42. The van der Waals surface area contributed by atoms with E-state index < -0.39 is 0 Å². The van der Waals surface area contributed by atoms with Crippen molar-refractivity contribution < 1.29 is 14.6 Å². The fourth-order valence-electron chi connectivity index (χ4n) is 1.93. The molecular weight excluding hydrogens is 268 g/mol. The molecule has 0 bridgehead atoms. The largest absolute Gasteiger partial charge is 0.493 e. The van der Waals surface area contributed by atoms with Gasteiger partial charge in [0.05, 0.1) is 24.9 Å². The molecule has 0 fully saturated rings. The Hall–Kier alpha value is -2.30. The molecular formula is C16H20N2O3. The van der Waals surface area contributed by atoms with E-state index in [0.29, 0.717) is 12.1 Å². The number of hydrogen-bond acceptors (Lipinski definition) is 4. The van der Waals surface area contributed by atoms with E-state index in [4.69, 9.17) is 0 Å². The number of benzene rings is 1. The lowest BCUT2D eigenvalue weighted by atomic mass is 9.93. The van der Waals surface area contributed by atoms with Gasteiger partial charge in [0.15, 0.2) is 0 Å². The first-order valence-electron chi connectivity index (χ1n) is 6.76. The van der Waals surface area contributed by atoms with Crippen molar-refractivity contribution in [1.29, 1.82) is 0 Å². The molecule has 0 radical (unpaired) electrons. The van der Waals surface area contributed by atoms with Crippen molar-refractivity contribution in [3.05, 3.63) is 47.2 Å². The van der Waals surface area contributed by atoms with Crippen LogP contribution in [0.5, 0.6) is 5.88 Å². The van der Waals surface area contributed by atoms with Gasteiger partial charge < -0.3 is 9.84 Å². The van der Waals surface area contributed by atoms with Crippen LogP contribution in [0, 0.1) is 0 Å². The predicted molar refractivity (Wildman–Crippen MR) is 79.5 cm³/mol. The van der Waals surface area contributed by atoms with E-state index in [1.807, 2.05) is 32.9 Å². The Morgan fingerprint density at radius 2 is 1.90 bits per heavy atom. The van der Waals surface area contributed by atoms with Crippen LogP contribution in [0.4, 0.5) is 0 Å². The van der Waals surface area contributed by atoms with E-state index >= 15 is 0 Å². The third-order valence-corrected chi connectivity index (χ3v) is 3.23. The standard InChI is InChI=1S/C16H20N2O3/c1-16(2,3)13-9-14(19)18(17-13)10-11-5-7-12(8-6-11)15(20)21-4/h5-9,19H,10H2,1-4H3. The van der Waals surface area contributed by atoms with Crippen molar-refractivity contribution in [3.63, 3.8) is 0 Å². The van der Waals surface area contributed by atoms with E-state index in [1.54, 1.807) is 22.9 Å². The molecule has 1 N–H and O–H groups in total. The summed E-state index contributed by atoms with van der Waals surface area (Å²) in [5.41, 5.74) is 2.17. The molecule has 1 aromatic carbocycles. The summed E-state index contributed by atoms with van der Waals surface area (Å²) in [6, 6.07) is 8.73. The van der Waals surface area contributed by atoms with E-state index in [1.165, 1.54) is 7.11 Å². The smallest absolute Gasteiger partial charge is 0.337 e. The summed E-state index contributed by atoms with van der Waals surface area (Å²) in [5.74, 6) is -0.226. The van der Waals surface area contributed by atoms with Crippen LogP contribution in [-0.2, 0) is 16.7 Å². The number of aromatic nitrogens is 2. The van der Waals surface area contributed by atoms with Crippen molar-refractivity contribution in [2.75, 3.05) is 7.11 Å². The fourth-order valence-corrected chi connectivity index (χ4v) is 1.93. The number of methoxy groups -OCH3 is 1. The van der Waals surface area contributed by atoms with Crippen molar-refractivity contribution in [1.82, 2.24) is 9.78 Å². The van der Waals surface area contributed by atoms with Crippen LogP contribution >= 0.6 is 0 Å². The van der Waals surface area contributed by atoms with E-state index in [2.05, 4.69) is 9.84 Å². The molecule has 1 aromatic heterocycles. The average Bonchev–Trinajstić information content (AvgIpc) is 2.80. The SMILES string of the molecule is COC(=O)c1ccc(Cn2nc(C(C)(C)C)cc2O)cc1. The number of ether oxygens (including phenoxy) is 1. The lowest BCUT2D eigenvalue weighted by Gasteiger charge is -2.14. The summed E-state index contributed by atoms with van der Waals surface area (Å²) in [5, 5.41) is 14.4. The molecule has 21 heavy (non-hydrogen) atoms. The molecule has 0 aliphatic rings. The number of carbonyl (C=O) groups is 1. The Kier molecular flexibility index (Phi) is 4.02. The number of esters is 1. The van der Waals surface area contributed by atoms with Gasteiger partial charge in [-0.25, -0.2) is 9.48 Å². The van der Waals surface area contributed by atoms with Crippen LogP contribution < -0.4 is 0 Å². The van der Waals surface area contributed by atoms with Crippen LogP contribution in [-0.4, -0.2) is 28.0 Å². The van der Waals surface area contributed by atoms with Crippen molar-refractivity contribution >= 4 is 5.97 Å². The summed E-state index contributed by atoms with van der Waals surface area (Å²) in [6.07, 6.45) is 0. The zero-order chi connectivity index (χ0) is 15.6. The summed E-state index contributed by atoms with van der Waals surface area (Å²) < 4.78 is 6.21. The van der Waals surface area contributed by atoms with Gasteiger partial charge >= 0.3 is 5.97 Å². The average molecular weight is 288 g/mol. The third-order valence-electron chi connectivity index (χ3n) is 3.23.